The highest BCUT2D eigenvalue weighted by Crippen LogP contribution is 2.29. The van der Waals surface area contributed by atoms with Crippen LogP contribution in [0.2, 0.25) is 0 Å². The van der Waals surface area contributed by atoms with E-state index in [4.69, 9.17) is 0 Å². The number of nitrogens with zero attached hydrogens (tertiary/aromatic N) is 1. The topological polar surface area (TPSA) is 74.2 Å². The maximum Gasteiger partial charge on any atom is 0.251 e. The number of carbonyl (C=O) groups excluding carboxylic acids is 1. The minimum absolute atomic E-state index is 0.219. The van der Waals surface area contributed by atoms with Gasteiger partial charge in [0.2, 0.25) is 0 Å². The van der Waals surface area contributed by atoms with Crippen LogP contribution in [0.5, 0.6) is 0 Å². The largest absolute Gasteiger partial charge is 0.380 e. The molecule has 1 amide bonds. The summed E-state index contributed by atoms with van der Waals surface area (Å²) in [6.07, 6.45) is 5.67. The maximum absolute atomic E-state index is 11.8. The van der Waals surface area contributed by atoms with E-state index in [9.17, 15) is 9.90 Å². The molecule has 1 aliphatic carbocycles. The molecule has 1 fully saturated rings. The van der Waals surface area contributed by atoms with Crippen LogP contribution < -0.4 is 10.6 Å². The Hall–Kier alpha value is -1.62. The van der Waals surface area contributed by atoms with Crippen LogP contribution in [0.4, 0.5) is 5.82 Å². The third-order valence-corrected chi connectivity index (χ3v) is 3.71. The van der Waals surface area contributed by atoms with Gasteiger partial charge in [0.05, 0.1) is 0 Å². The van der Waals surface area contributed by atoms with E-state index in [1.54, 1.807) is 0 Å². The van der Waals surface area contributed by atoms with Gasteiger partial charge in [-0.3, -0.25) is 4.79 Å². The van der Waals surface area contributed by atoms with Gasteiger partial charge < -0.3 is 15.7 Å². The number of aryl methyl sites for hydroxylation is 1. The highest BCUT2D eigenvalue weighted by Gasteiger charge is 2.38. The Bertz CT molecular complexity index is 439. The van der Waals surface area contributed by atoms with Gasteiger partial charge in [-0.15, -0.1) is 0 Å². The fraction of sp³-hybridized carbons (Fsp3) is 0.600. The Morgan fingerprint density at radius 3 is 2.75 bits per heavy atom. The molecule has 3 N–H and O–H groups in total. The second-order valence-corrected chi connectivity index (χ2v) is 5.50. The molecule has 0 atom stereocenters. The third-order valence-electron chi connectivity index (χ3n) is 3.71. The summed E-state index contributed by atoms with van der Waals surface area (Å²) < 4.78 is 0. The normalized spacial score (nSPS) is 16.9. The minimum Gasteiger partial charge on any atom is -0.380 e. The second-order valence-electron chi connectivity index (χ2n) is 5.50. The molecule has 0 aromatic carbocycles. The van der Waals surface area contributed by atoms with Gasteiger partial charge in [0, 0.05) is 19.3 Å². The number of pyridine rings is 1. The number of hydrogen-bond acceptors (Lipinski definition) is 4. The quantitative estimate of drug-likeness (QED) is 0.691. The number of nitrogens with one attached hydrogen (secondary N) is 2. The summed E-state index contributed by atoms with van der Waals surface area (Å²) in [6.45, 7) is 3.31. The molecule has 0 saturated heterocycles. The first kappa shape index (κ1) is 14.8. The average Bonchev–Trinajstić information content (AvgIpc) is 2.88. The highest BCUT2D eigenvalue weighted by atomic mass is 16.3. The van der Waals surface area contributed by atoms with E-state index >= 15 is 0 Å². The van der Waals surface area contributed by atoms with Crippen LogP contribution in [-0.2, 0) is 4.79 Å². The van der Waals surface area contributed by atoms with Gasteiger partial charge in [0.25, 0.3) is 5.91 Å². The molecule has 0 bridgehead atoms. The van der Waals surface area contributed by atoms with Crippen LogP contribution in [0, 0.1) is 6.92 Å². The van der Waals surface area contributed by atoms with E-state index in [1.165, 1.54) is 0 Å². The molecule has 5 heteroatoms. The number of amides is 1. The lowest BCUT2D eigenvalue weighted by Crippen LogP contribution is -2.45. The molecule has 0 aliphatic heterocycles. The number of rotatable bonds is 6. The van der Waals surface area contributed by atoms with Crippen LogP contribution in [0.3, 0.4) is 0 Å². The molecule has 2 rings (SSSR count). The molecule has 1 heterocycles. The van der Waals surface area contributed by atoms with Gasteiger partial charge in [0.1, 0.15) is 11.4 Å². The molecular formula is C15H23N3O2. The number of aliphatic hydroxyl groups is 1. The van der Waals surface area contributed by atoms with Crippen molar-refractivity contribution in [1.29, 1.82) is 0 Å². The van der Waals surface area contributed by atoms with E-state index in [0.29, 0.717) is 19.4 Å². The van der Waals surface area contributed by atoms with Crippen molar-refractivity contribution in [2.45, 2.75) is 44.6 Å². The Kier molecular flexibility index (Phi) is 4.95. The van der Waals surface area contributed by atoms with Crippen molar-refractivity contribution in [3.63, 3.8) is 0 Å². The van der Waals surface area contributed by atoms with E-state index in [0.717, 1.165) is 37.2 Å². The molecule has 1 aliphatic rings. The number of aromatic nitrogens is 1. The fourth-order valence-corrected chi connectivity index (χ4v) is 2.43. The van der Waals surface area contributed by atoms with Crippen LogP contribution in [-0.4, -0.2) is 34.7 Å². The lowest BCUT2D eigenvalue weighted by atomic mass is 10.0. The van der Waals surface area contributed by atoms with Crippen molar-refractivity contribution < 1.29 is 9.90 Å². The van der Waals surface area contributed by atoms with Gasteiger partial charge in [-0.25, -0.2) is 4.98 Å². The molecule has 5 nitrogen and oxygen atoms in total. The summed E-state index contributed by atoms with van der Waals surface area (Å²) in [6, 6.07) is 3.95. The van der Waals surface area contributed by atoms with Crippen molar-refractivity contribution in [2.75, 3.05) is 18.4 Å². The minimum atomic E-state index is -1.12. The first-order valence-corrected chi connectivity index (χ1v) is 7.27. The summed E-state index contributed by atoms with van der Waals surface area (Å²) >= 11 is 0. The van der Waals surface area contributed by atoms with E-state index < -0.39 is 5.60 Å². The Labute approximate surface area is 119 Å². The molecule has 1 saturated carbocycles. The standard InChI is InChI=1S/C15H23N3O2/c1-12-5-6-13(18-11-12)16-9-4-10-17-14(19)15(20)7-2-3-8-15/h5-6,11,20H,2-4,7-10H2,1H3,(H,16,18)(H,17,19). The van der Waals surface area contributed by atoms with E-state index in [-0.39, 0.29) is 5.91 Å². The molecular weight excluding hydrogens is 254 g/mol. The summed E-state index contributed by atoms with van der Waals surface area (Å²) in [7, 11) is 0. The van der Waals surface area contributed by atoms with Gasteiger partial charge in [-0.1, -0.05) is 6.07 Å². The fourth-order valence-electron chi connectivity index (χ4n) is 2.43. The highest BCUT2D eigenvalue weighted by molar-refractivity contribution is 5.85. The van der Waals surface area contributed by atoms with Crippen molar-refractivity contribution in [2.24, 2.45) is 0 Å². The third kappa shape index (κ3) is 3.93. The predicted octanol–water partition coefficient (Wildman–Crippen LogP) is 1.61. The van der Waals surface area contributed by atoms with Crippen LogP contribution >= 0.6 is 0 Å². The van der Waals surface area contributed by atoms with Crippen molar-refractivity contribution in [3.8, 4) is 0 Å². The Balaban J connectivity index is 1.62. The first-order chi connectivity index (χ1) is 9.60. The average molecular weight is 277 g/mol. The van der Waals surface area contributed by atoms with Crippen LogP contribution in [0.1, 0.15) is 37.7 Å². The monoisotopic (exact) mass is 277 g/mol. The zero-order chi connectivity index (χ0) is 14.4. The van der Waals surface area contributed by atoms with Crippen molar-refractivity contribution in [3.05, 3.63) is 23.9 Å². The molecule has 1 aromatic heterocycles. The van der Waals surface area contributed by atoms with Gasteiger partial charge in [-0.2, -0.15) is 0 Å². The van der Waals surface area contributed by atoms with Gasteiger partial charge in [-0.05, 0) is 50.7 Å². The molecule has 0 spiro atoms. The summed E-state index contributed by atoms with van der Waals surface area (Å²) in [4.78, 5) is 16.1. The Morgan fingerprint density at radius 1 is 1.35 bits per heavy atom. The number of anilines is 1. The molecule has 0 unspecified atom stereocenters. The Morgan fingerprint density at radius 2 is 2.10 bits per heavy atom. The summed E-state index contributed by atoms with van der Waals surface area (Å²) in [5.41, 5.74) is 0.0130. The zero-order valence-corrected chi connectivity index (χ0v) is 12.0. The SMILES string of the molecule is Cc1ccc(NCCCNC(=O)C2(O)CCCC2)nc1. The zero-order valence-electron chi connectivity index (χ0n) is 12.0. The number of carbonyl (C=O) groups is 1. The lowest BCUT2D eigenvalue weighted by molar-refractivity contribution is -0.139. The first-order valence-electron chi connectivity index (χ1n) is 7.27. The molecule has 0 radical (unpaired) electrons. The van der Waals surface area contributed by atoms with Crippen molar-refractivity contribution in [1.82, 2.24) is 10.3 Å². The van der Waals surface area contributed by atoms with Crippen LogP contribution in [0.25, 0.3) is 0 Å². The van der Waals surface area contributed by atoms with Crippen LogP contribution in [0.15, 0.2) is 18.3 Å². The molecule has 20 heavy (non-hydrogen) atoms. The molecule has 110 valence electrons. The van der Waals surface area contributed by atoms with Gasteiger partial charge >= 0.3 is 0 Å². The van der Waals surface area contributed by atoms with Gasteiger partial charge in [0.15, 0.2) is 0 Å². The van der Waals surface area contributed by atoms with E-state index in [1.807, 2.05) is 25.3 Å². The lowest BCUT2D eigenvalue weighted by Gasteiger charge is -2.20. The maximum atomic E-state index is 11.8. The predicted molar refractivity (Wildman–Crippen MR) is 78.5 cm³/mol. The van der Waals surface area contributed by atoms with Crippen molar-refractivity contribution >= 4 is 11.7 Å². The molecule has 1 aromatic rings. The number of hydrogen-bond donors (Lipinski definition) is 3. The smallest absolute Gasteiger partial charge is 0.251 e. The summed E-state index contributed by atoms with van der Waals surface area (Å²) in [5.74, 6) is 0.625. The second kappa shape index (κ2) is 6.70. The summed E-state index contributed by atoms with van der Waals surface area (Å²) in [5, 5.41) is 16.1. The van der Waals surface area contributed by atoms with E-state index in [2.05, 4.69) is 15.6 Å².